The first-order chi connectivity index (χ1) is 10.1. The van der Waals surface area contributed by atoms with Crippen LogP contribution in [-0.2, 0) is 6.54 Å². The van der Waals surface area contributed by atoms with Crippen LogP contribution in [-0.4, -0.2) is 9.91 Å². The highest BCUT2D eigenvalue weighted by molar-refractivity contribution is 7.16. The SMILES string of the molecule is O=[N+]([O-])c1cc(Cl)ccc1CNc1ccc2ncsc2c1. The minimum atomic E-state index is -0.421. The third-order valence-electron chi connectivity index (χ3n) is 3.06. The minimum absolute atomic E-state index is 0.0221. The monoisotopic (exact) mass is 319 g/mol. The lowest BCUT2D eigenvalue weighted by Gasteiger charge is -2.07. The van der Waals surface area contributed by atoms with Gasteiger partial charge in [0.1, 0.15) is 0 Å². The largest absolute Gasteiger partial charge is 0.381 e. The number of anilines is 1. The molecule has 0 saturated heterocycles. The van der Waals surface area contributed by atoms with E-state index in [1.165, 1.54) is 6.07 Å². The van der Waals surface area contributed by atoms with Crippen LogP contribution in [0.5, 0.6) is 0 Å². The summed E-state index contributed by atoms with van der Waals surface area (Å²) in [5.41, 5.74) is 4.25. The summed E-state index contributed by atoms with van der Waals surface area (Å²) in [7, 11) is 0. The number of thiazole rings is 1. The van der Waals surface area contributed by atoms with E-state index < -0.39 is 4.92 Å². The molecule has 1 N–H and O–H groups in total. The fourth-order valence-corrected chi connectivity index (χ4v) is 2.90. The Balaban J connectivity index is 1.82. The molecule has 0 unspecified atom stereocenters. The molecule has 0 aliphatic heterocycles. The van der Waals surface area contributed by atoms with Gasteiger partial charge in [-0.1, -0.05) is 11.6 Å². The van der Waals surface area contributed by atoms with E-state index in [1.807, 2.05) is 18.2 Å². The predicted octanol–water partition coefficient (Wildman–Crippen LogP) is 4.47. The zero-order valence-corrected chi connectivity index (χ0v) is 12.3. The quantitative estimate of drug-likeness (QED) is 0.569. The molecule has 106 valence electrons. The molecular formula is C14H10ClN3O2S. The molecule has 0 atom stereocenters. The zero-order valence-electron chi connectivity index (χ0n) is 10.7. The highest BCUT2D eigenvalue weighted by atomic mass is 35.5. The van der Waals surface area contributed by atoms with Crippen LogP contribution in [0.3, 0.4) is 0 Å². The van der Waals surface area contributed by atoms with Crippen molar-refractivity contribution in [1.29, 1.82) is 0 Å². The molecule has 0 amide bonds. The number of nitro groups is 1. The van der Waals surface area contributed by atoms with Crippen molar-refractivity contribution in [2.45, 2.75) is 6.54 Å². The molecule has 0 bridgehead atoms. The third-order valence-corrected chi connectivity index (χ3v) is 4.09. The fraction of sp³-hybridized carbons (Fsp3) is 0.0714. The van der Waals surface area contributed by atoms with Crippen molar-refractivity contribution in [2.75, 3.05) is 5.32 Å². The van der Waals surface area contributed by atoms with Gasteiger partial charge in [-0.2, -0.15) is 0 Å². The molecule has 0 spiro atoms. The average molecular weight is 320 g/mol. The molecule has 3 aromatic rings. The van der Waals surface area contributed by atoms with Crippen LogP contribution in [0.15, 0.2) is 41.9 Å². The van der Waals surface area contributed by atoms with Crippen LogP contribution in [0.25, 0.3) is 10.2 Å². The lowest BCUT2D eigenvalue weighted by molar-refractivity contribution is -0.385. The predicted molar refractivity (Wildman–Crippen MR) is 85.1 cm³/mol. The Labute approximate surface area is 129 Å². The Kier molecular flexibility index (Phi) is 3.72. The molecule has 1 aromatic heterocycles. The Bertz CT molecular complexity index is 819. The van der Waals surface area contributed by atoms with Gasteiger partial charge in [-0.25, -0.2) is 4.98 Å². The number of aromatic nitrogens is 1. The van der Waals surface area contributed by atoms with Gasteiger partial charge >= 0.3 is 0 Å². The molecule has 0 aliphatic carbocycles. The fourth-order valence-electron chi connectivity index (χ4n) is 2.02. The van der Waals surface area contributed by atoms with E-state index in [9.17, 15) is 10.1 Å². The lowest BCUT2D eigenvalue weighted by atomic mass is 10.1. The number of hydrogen-bond acceptors (Lipinski definition) is 5. The molecular weight excluding hydrogens is 310 g/mol. The summed E-state index contributed by atoms with van der Waals surface area (Å²) < 4.78 is 1.07. The molecule has 1 heterocycles. The van der Waals surface area contributed by atoms with E-state index in [0.29, 0.717) is 17.1 Å². The number of hydrogen-bond donors (Lipinski definition) is 1. The van der Waals surface area contributed by atoms with Crippen LogP contribution < -0.4 is 5.32 Å². The maximum Gasteiger partial charge on any atom is 0.275 e. The van der Waals surface area contributed by atoms with Crippen molar-refractivity contribution in [3.63, 3.8) is 0 Å². The van der Waals surface area contributed by atoms with Crippen molar-refractivity contribution < 1.29 is 4.92 Å². The van der Waals surface area contributed by atoms with Gasteiger partial charge in [0.25, 0.3) is 5.69 Å². The van der Waals surface area contributed by atoms with Crippen LogP contribution in [0.4, 0.5) is 11.4 Å². The lowest BCUT2D eigenvalue weighted by Crippen LogP contribution is -2.03. The minimum Gasteiger partial charge on any atom is -0.381 e. The summed E-state index contributed by atoms with van der Waals surface area (Å²) in [6.07, 6.45) is 0. The number of rotatable bonds is 4. The Morgan fingerprint density at radius 1 is 1.29 bits per heavy atom. The molecule has 0 aliphatic rings. The smallest absolute Gasteiger partial charge is 0.275 e. The Morgan fingerprint density at radius 3 is 2.95 bits per heavy atom. The van der Waals surface area contributed by atoms with E-state index in [0.717, 1.165) is 15.9 Å². The van der Waals surface area contributed by atoms with E-state index >= 15 is 0 Å². The molecule has 0 fully saturated rings. The summed E-state index contributed by atoms with van der Waals surface area (Å²) in [5, 5.41) is 14.6. The number of benzene rings is 2. The van der Waals surface area contributed by atoms with E-state index in [2.05, 4.69) is 10.3 Å². The van der Waals surface area contributed by atoms with Crippen LogP contribution in [0, 0.1) is 10.1 Å². The summed E-state index contributed by atoms with van der Waals surface area (Å²) in [5.74, 6) is 0. The van der Waals surface area contributed by atoms with Crippen LogP contribution >= 0.6 is 22.9 Å². The van der Waals surface area contributed by atoms with Crippen molar-refractivity contribution in [3.05, 3.63) is 62.6 Å². The topological polar surface area (TPSA) is 68.1 Å². The first-order valence-electron chi connectivity index (χ1n) is 6.13. The van der Waals surface area contributed by atoms with Crippen molar-refractivity contribution in [1.82, 2.24) is 4.98 Å². The zero-order chi connectivity index (χ0) is 14.8. The maximum atomic E-state index is 11.0. The van der Waals surface area contributed by atoms with Gasteiger partial charge in [-0.15, -0.1) is 11.3 Å². The molecule has 21 heavy (non-hydrogen) atoms. The molecule has 2 aromatic carbocycles. The van der Waals surface area contributed by atoms with E-state index in [1.54, 1.807) is 29.0 Å². The van der Waals surface area contributed by atoms with Crippen molar-refractivity contribution in [2.24, 2.45) is 0 Å². The van der Waals surface area contributed by atoms with Crippen molar-refractivity contribution >= 4 is 44.5 Å². The Morgan fingerprint density at radius 2 is 2.14 bits per heavy atom. The van der Waals surface area contributed by atoms with Crippen LogP contribution in [0.2, 0.25) is 5.02 Å². The molecule has 0 radical (unpaired) electrons. The summed E-state index contributed by atoms with van der Waals surface area (Å²) in [4.78, 5) is 14.8. The highest BCUT2D eigenvalue weighted by Crippen LogP contribution is 2.25. The summed E-state index contributed by atoms with van der Waals surface area (Å²) in [6, 6.07) is 10.5. The molecule has 5 nitrogen and oxygen atoms in total. The van der Waals surface area contributed by atoms with Gasteiger partial charge in [-0.3, -0.25) is 10.1 Å². The van der Waals surface area contributed by atoms with E-state index in [4.69, 9.17) is 11.6 Å². The van der Waals surface area contributed by atoms with Gasteiger partial charge in [0.05, 0.1) is 20.7 Å². The van der Waals surface area contributed by atoms with Gasteiger partial charge in [-0.05, 0) is 30.3 Å². The van der Waals surface area contributed by atoms with Gasteiger partial charge in [0.15, 0.2) is 0 Å². The van der Waals surface area contributed by atoms with Crippen LogP contribution in [0.1, 0.15) is 5.56 Å². The summed E-state index contributed by atoms with van der Waals surface area (Å²) >= 11 is 7.36. The highest BCUT2D eigenvalue weighted by Gasteiger charge is 2.13. The van der Waals surface area contributed by atoms with Gasteiger partial charge in [0, 0.05) is 28.9 Å². The van der Waals surface area contributed by atoms with Gasteiger partial charge < -0.3 is 5.32 Å². The molecule has 0 saturated carbocycles. The number of nitrogens with one attached hydrogen (secondary N) is 1. The number of fused-ring (bicyclic) bond motifs is 1. The first kappa shape index (κ1) is 13.8. The van der Waals surface area contributed by atoms with E-state index in [-0.39, 0.29) is 5.69 Å². The normalized spacial score (nSPS) is 10.7. The third kappa shape index (κ3) is 2.96. The second-order valence-corrected chi connectivity index (χ2v) is 5.74. The standard InChI is InChI=1S/C14H10ClN3O2S/c15-10-2-1-9(13(5-10)18(19)20)7-16-11-3-4-12-14(6-11)21-8-17-12/h1-6,8,16H,7H2. The maximum absolute atomic E-state index is 11.0. The Hall–Kier alpha value is -2.18. The second-order valence-electron chi connectivity index (χ2n) is 4.42. The second kappa shape index (κ2) is 5.67. The van der Waals surface area contributed by atoms with Gasteiger partial charge in [0.2, 0.25) is 0 Å². The van der Waals surface area contributed by atoms with Crippen molar-refractivity contribution in [3.8, 4) is 0 Å². The first-order valence-corrected chi connectivity index (χ1v) is 7.39. The molecule has 7 heteroatoms. The molecule has 3 rings (SSSR count). The number of halogens is 1. The number of nitro benzene ring substituents is 1. The average Bonchev–Trinajstić information content (AvgIpc) is 2.93. The number of nitrogens with zero attached hydrogens (tertiary/aromatic N) is 2. The summed E-state index contributed by atoms with van der Waals surface area (Å²) in [6.45, 7) is 0.359.